The molecule has 0 radical (unpaired) electrons. The molecule has 1 aromatic carbocycles. The van der Waals surface area contributed by atoms with Crippen molar-refractivity contribution >= 4 is 5.97 Å². The third kappa shape index (κ3) is 3.09. The lowest BCUT2D eigenvalue weighted by atomic mass is 10.0. The summed E-state index contributed by atoms with van der Waals surface area (Å²) in [5.41, 5.74) is 3.11. The van der Waals surface area contributed by atoms with Crippen molar-refractivity contribution in [3.8, 4) is 11.5 Å². The maximum Gasteiger partial charge on any atom is 0.336 e. The molecule has 1 N–H and O–H groups in total. The summed E-state index contributed by atoms with van der Waals surface area (Å²) in [4.78, 5) is 11.5. The van der Waals surface area contributed by atoms with Gasteiger partial charge in [0.1, 0.15) is 11.5 Å². The van der Waals surface area contributed by atoms with Crippen LogP contribution in [0.5, 0.6) is 11.5 Å². The van der Waals surface area contributed by atoms with Gasteiger partial charge in [-0.05, 0) is 57.4 Å². The van der Waals surface area contributed by atoms with Crippen molar-refractivity contribution < 1.29 is 14.6 Å². The lowest BCUT2D eigenvalue weighted by Crippen LogP contribution is -2.06. The first-order chi connectivity index (χ1) is 7.82. The minimum absolute atomic E-state index is 0.254. The molecule has 0 bridgehead atoms. The number of phenolic OH excluding ortho intramolecular Hbond substituents is 1. The van der Waals surface area contributed by atoms with Gasteiger partial charge in [0.25, 0.3) is 0 Å². The Morgan fingerprint density at radius 3 is 2.35 bits per heavy atom. The number of ether oxygens (including phenoxy) is 1. The summed E-state index contributed by atoms with van der Waals surface area (Å²) in [6.07, 6.45) is 1.44. The SMILES string of the molecule is CC(C)=CC(=O)Oc1cc(C)c(O)c(C)c1C. The predicted octanol–water partition coefficient (Wildman–Crippen LogP) is 3.19. The van der Waals surface area contributed by atoms with Gasteiger partial charge in [-0.3, -0.25) is 0 Å². The molecule has 0 spiro atoms. The maximum atomic E-state index is 11.5. The highest BCUT2D eigenvalue weighted by molar-refractivity contribution is 5.85. The van der Waals surface area contributed by atoms with Crippen LogP contribution in [0.3, 0.4) is 0 Å². The average Bonchev–Trinajstić information content (AvgIpc) is 2.21. The summed E-state index contributed by atoms with van der Waals surface area (Å²) in [7, 11) is 0. The molecule has 3 nitrogen and oxygen atoms in total. The molecule has 0 fully saturated rings. The van der Waals surface area contributed by atoms with E-state index >= 15 is 0 Å². The Hall–Kier alpha value is -1.77. The number of carbonyl (C=O) groups is 1. The highest BCUT2D eigenvalue weighted by atomic mass is 16.5. The highest BCUT2D eigenvalue weighted by Crippen LogP contribution is 2.32. The molecule has 17 heavy (non-hydrogen) atoms. The molecule has 1 aromatic rings. The second kappa shape index (κ2) is 5.04. The average molecular weight is 234 g/mol. The molecule has 0 aliphatic carbocycles. The first-order valence-electron chi connectivity index (χ1n) is 5.49. The van der Waals surface area contributed by atoms with E-state index in [-0.39, 0.29) is 5.75 Å². The van der Waals surface area contributed by atoms with Crippen LogP contribution in [0.2, 0.25) is 0 Å². The van der Waals surface area contributed by atoms with Crippen molar-refractivity contribution in [3.05, 3.63) is 34.4 Å². The van der Waals surface area contributed by atoms with E-state index in [1.807, 2.05) is 20.8 Å². The van der Waals surface area contributed by atoms with Crippen LogP contribution >= 0.6 is 0 Å². The fraction of sp³-hybridized carbons (Fsp3) is 0.357. The highest BCUT2D eigenvalue weighted by Gasteiger charge is 2.12. The molecule has 92 valence electrons. The number of aryl methyl sites for hydroxylation is 1. The topological polar surface area (TPSA) is 46.5 Å². The molecule has 0 heterocycles. The van der Waals surface area contributed by atoms with Crippen molar-refractivity contribution in [3.63, 3.8) is 0 Å². The monoisotopic (exact) mass is 234 g/mol. The lowest BCUT2D eigenvalue weighted by Gasteiger charge is -2.12. The number of aromatic hydroxyl groups is 1. The number of carbonyl (C=O) groups excluding carboxylic acids is 1. The van der Waals surface area contributed by atoms with Gasteiger partial charge in [-0.1, -0.05) is 5.57 Å². The second-order valence-electron chi connectivity index (χ2n) is 4.43. The third-order valence-corrected chi connectivity index (χ3v) is 2.63. The van der Waals surface area contributed by atoms with E-state index in [0.717, 1.165) is 16.7 Å². The number of benzene rings is 1. The van der Waals surface area contributed by atoms with Crippen molar-refractivity contribution in [2.45, 2.75) is 34.6 Å². The second-order valence-corrected chi connectivity index (χ2v) is 4.43. The van der Waals surface area contributed by atoms with E-state index in [2.05, 4.69) is 0 Å². The van der Waals surface area contributed by atoms with E-state index < -0.39 is 5.97 Å². The van der Waals surface area contributed by atoms with Gasteiger partial charge in [0.2, 0.25) is 0 Å². The van der Waals surface area contributed by atoms with Crippen LogP contribution in [-0.2, 0) is 4.79 Å². The number of hydrogen-bond donors (Lipinski definition) is 1. The van der Waals surface area contributed by atoms with Gasteiger partial charge in [-0.15, -0.1) is 0 Å². The van der Waals surface area contributed by atoms with E-state index in [9.17, 15) is 9.90 Å². The first-order valence-corrected chi connectivity index (χ1v) is 5.49. The molecule has 3 heteroatoms. The molecule has 0 atom stereocenters. The zero-order valence-corrected chi connectivity index (χ0v) is 10.9. The van der Waals surface area contributed by atoms with Gasteiger partial charge in [0.05, 0.1) is 0 Å². The van der Waals surface area contributed by atoms with Crippen molar-refractivity contribution in [1.29, 1.82) is 0 Å². The van der Waals surface area contributed by atoms with Gasteiger partial charge in [0.15, 0.2) is 0 Å². The Bertz CT molecular complexity index is 481. The third-order valence-electron chi connectivity index (χ3n) is 2.63. The van der Waals surface area contributed by atoms with E-state index in [1.165, 1.54) is 6.08 Å². The molecule has 0 unspecified atom stereocenters. The Balaban J connectivity index is 3.09. The summed E-state index contributed by atoms with van der Waals surface area (Å²) in [6.45, 7) is 9.07. The Labute approximate surface area is 102 Å². The quantitative estimate of drug-likeness (QED) is 0.485. The molecule has 0 amide bonds. The number of rotatable bonds is 2. The molecular formula is C14H18O3. The van der Waals surface area contributed by atoms with Crippen LogP contribution in [0.15, 0.2) is 17.7 Å². The summed E-state index contributed by atoms with van der Waals surface area (Å²) >= 11 is 0. The largest absolute Gasteiger partial charge is 0.507 e. The van der Waals surface area contributed by atoms with E-state index in [0.29, 0.717) is 11.3 Å². The minimum atomic E-state index is -0.391. The number of phenols is 1. The number of hydrogen-bond acceptors (Lipinski definition) is 3. The van der Waals surface area contributed by atoms with Crippen LogP contribution in [0, 0.1) is 20.8 Å². The fourth-order valence-electron chi connectivity index (χ4n) is 1.51. The van der Waals surface area contributed by atoms with Crippen molar-refractivity contribution in [2.75, 3.05) is 0 Å². The number of allylic oxidation sites excluding steroid dienone is 1. The zero-order valence-electron chi connectivity index (χ0n) is 10.9. The van der Waals surface area contributed by atoms with Crippen LogP contribution in [0.4, 0.5) is 0 Å². The van der Waals surface area contributed by atoms with E-state index in [4.69, 9.17) is 4.74 Å². The number of esters is 1. The summed E-state index contributed by atoms with van der Waals surface area (Å²) in [5.74, 6) is 0.363. The normalized spacial score (nSPS) is 9.94. The summed E-state index contributed by atoms with van der Waals surface area (Å²) in [5, 5.41) is 9.74. The van der Waals surface area contributed by atoms with Crippen LogP contribution in [0.1, 0.15) is 30.5 Å². The molecular weight excluding hydrogens is 216 g/mol. The van der Waals surface area contributed by atoms with Gasteiger partial charge in [-0.2, -0.15) is 0 Å². The van der Waals surface area contributed by atoms with Gasteiger partial charge in [0, 0.05) is 6.08 Å². The van der Waals surface area contributed by atoms with Gasteiger partial charge < -0.3 is 9.84 Å². The Morgan fingerprint density at radius 2 is 1.82 bits per heavy atom. The maximum absolute atomic E-state index is 11.5. The molecule has 0 aromatic heterocycles. The predicted molar refractivity (Wildman–Crippen MR) is 67.4 cm³/mol. The summed E-state index contributed by atoms with van der Waals surface area (Å²) in [6, 6.07) is 1.67. The minimum Gasteiger partial charge on any atom is -0.507 e. The molecule has 0 aliphatic rings. The smallest absolute Gasteiger partial charge is 0.336 e. The first kappa shape index (κ1) is 13.3. The van der Waals surface area contributed by atoms with Gasteiger partial charge >= 0.3 is 5.97 Å². The van der Waals surface area contributed by atoms with Crippen molar-refractivity contribution in [1.82, 2.24) is 0 Å². The molecule has 0 saturated carbocycles. The standard InChI is InChI=1S/C14H18O3/c1-8(2)6-13(15)17-12-7-9(3)14(16)11(5)10(12)4/h6-7,16H,1-5H3. The summed E-state index contributed by atoms with van der Waals surface area (Å²) < 4.78 is 5.25. The Morgan fingerprint density at radius 1 is 1.24 bits per heavy atom. The molecule has 1 rings (SSSR count). The zero-order chi connectivity index (χ0) is 13.2. The van der Waals surface area contributed by atoms with Crippen LogP contribution in [0.25, 0.3) is 0 Å². The van der Waals surface area contributed by atoms with E-state index in [1.54, 1.807) is 19.9 Å². The van der Waals surface area contributed by atoms with Crippen LogP contribution in [-0.4, -0.2) is 11.1 Å². The van der Waals surface area contributed by atoms with Crippen LogP contribution < -0.4 is 4.74 Å². The fourth-order valence-corrected chi connectivity index (χ4v) is 1.51. The van der Waals surface area contributed by atoms with Crippen molar-refractivity contribution in [2.24, 2.45) is 0 Å². The Kier molecular flexibility index (Phi) is 3.94. The molecule has 0 saturated heterocycles. The van der Waals surface area contributed by atoms with Gasteiger partial charge in [-0.25, -0.2) is 4.79 Å². The lowest BCUT2D eigenvalue weighted by molar-refractivity contribution is -0.129. The molecule has 0 aliphatic heterocycles.